The van der Waals surface area contributed by atoms with Crippen LogP contribution in [-0.2, 0) is 19.6 Å². The monoisotopic (exact) mass is 498 g/mol. The lowest BCUT2D eigenvalue weighted by Crippen LogP contribution is -2.30. The molecule has 3 rings (SSSR count). The Morgan fingerprint density at radius 2 is 1.69 bits per heavy atom. The van der Waals surface area contributed by atoms with Gasteiger partial charge in [-0.15, -0.1) is 0 Å². The first-order valence-corrected chi connectivity index (χ1v) is 12.0. The molecule has 1 amide bonds. The van der Waals surface area contributed by atoms with Gasteiger partial charge in [-0.3, -0.25) is 14.3 Å². The zero-order chi connectivity index (χ0) is 25.8. The molecule has 0 aliphatic rings. The third-order valence-corrected chi connectivity index (χ3v) is 6.38. The number of sulfonamides is 1. The van der Waals surface area contributed by atoms with Gasteiger partial charge in [0.25, 0.3) is 15.9 Å². The Kier molecular flexibility index (Phi) is 7.65. The molecule has 3 aromatic rings. The van der Waals surface area contributed by atoms with E-state index in [1.54, 1.807) is 18.2 Å². The van der Waals surface area contributed by atoms with Gasteiger partial charge in [0.15, 0.2) is 11.9 Å². The van der Waals surface area contributed by atoms with E-state index in [1.807, 2.05) is 0 Å². The van der Waals surface area contributed by atoms with E-state index in [0.29, 0.717) is 11.3 Å². The van der Waals surface area contributed by atoms with Crippen LogP contribution in [0.15, 0.2) is 71.6 Å². The topological polar surface area (TPSA) is 119 Å². The van der Waals surface area contributed by atoms with E-state index in [4.69, 9.17) is 4.74 Å². The second kappa shape index (κ2) is 10.5. The number of amides is 1. The number of hydrogen-bond donors (Lipinski definition) is 2. The summed E-state index contributed by atoms with van der Waals surface area (Å²) in [6.07, 6.45) is -1.23. The maximum Gasteiger partial charge on any atom is 0.341 e. The summed E-state index contributed by atoms with van der Waals surface area (Å²) in [5.41, 5.74) is 0.724. The highest BCUT2D eigenvalue weighted by Gasteiger charge is 2.23. The van der Waals surface area contributed by atoms with E-state index in [2.05, 4.69) is 10.0 Å². The van der Waals surface area contributed by atoms with E-state index in [9.17, 15) is 27.2 Å². The van der Waals surface area contributed by atoms with Gasteiger partial charge in [-0.2, -0.15) is 0 Å². The van der Waals surface area contributed by atoms with Crippen molar-refractivity contribution in [1.29, 1.82) is 0 Å². The fourth-order valence-corrected chi connectivity index (χ4v) is 4.24. The molecule has 3 aromatic carbocycles. The Balaban J connectivity index is 1.74. The number of halogens is 1. The van der Waals surface area contributed by atoms with Gasteiger partial charge in [-0.1, -0.05) is 24.3 Å². The molecule has 182 valence electrons. The first-order chi connectivity index (χ1) is 16.5. The molecule has 0 radical (unpaired) electrons. The SMILES string of the molecule is CC(=O)c1cccc(NC(=O)[C@H](C)OC(=O)c2ccccc2NS(=O)(=O)c2ccc(F)c(C)c2)c1. The summed E-state index contributed by atoms with van der Waals surface area (Å²) in [7, 11) is -4.14. The van der Waals surface area contributed by atoms with Crippen LogP contribution in [0.2, 0.25) is 0 Å². The minimum atomic E-state index is -4.14. The molecule has 0 aliphatic heterocycles. The van der Waals surface area contributed by atoms with Gasteiger partial charge in [0.2, 0.25) is 0 Å². The Labute approximate surface area is 202 Å². The molecule has 35 heavy (non-hydrogen) atoms. The quantitative estimate of drug-likeness (QED) is 0.353. The molecule has 0 fully saturated rings. The maximum absolute atomic E-state index is 13.5. The molecule has 0 saturated carbocycles. The standard InChI is InChI=1S/C25H23FN2O6S/c1-15-13-20(11-12-22(15)26)35(32,33)28-23-10-5-4-9-21(23)25(31)34-17(3)24(30)27-19-8-6-7-18(14-19)16(2)29/h4-14,17,28H,1-3H3,(H,27,30)/t17-/m0/s1. The molecular weight excluding hydrogens is 475 g/mol. The summed E-state index contributed by atoms with van der Waals surface area (Å²) in [5, 5.41) is 2.57. The van der Waals surface area contributed by atoms with Crippen LogP contribution >= 0.6 is 0 Å². The number of Topliss-reactive ketones (excluding diaryl/α,β-unsaturated/α-hetero) is 1. The number of nitrogens with one attached hydrogen (secondary N) is 2. The van der Waals surface area contributed by atoms with E-state index in [-0.39, 0.29) is 27.5 Å². The van der Waals surface area contributed by atoms with Crippen LogP contribution in [0.25, 0.3) is 0 Å². The van der Waals surface area contributed by atoms with Crippen molar-refractivity contribution in [1.82, 2.24) is 0 Å². The normalized spacial score (nSPS) is 11.9. The van der Waals surface area contributed by atoms with E-state index in [1.165, 1.54) is 57.2 Å². The van der Waals surface area contributed by atoms with Gasteiger partial charge < -0.3 is 10.1 Å². The van der Waals surface area contributed by atoms with Crippen molar-refractivity contribution < 1.29 is 31.9 Å². The van der Waals surface area contributed by atoms with Crippen LogP contribution in [0.5, 0.6) is 0 Å². The lowest BCUT2D eigenvalue weighted by Gasteiger charge is -2.16. The maximum atomic E-state index is 13.5. The smallest absolute Gasteiger partial charge is 0.341 e. The molecule has 0 heterocycles. The van der Waals surface area contributed by atoms with Crippen molar-refractivity contribution in [2.24, 2.45) is 0 Å². The van der Waals surface area contributed by atoms with Crippen LogP contribution in [0.1, 0.15) is 40.1 Å². The fraction of sp³-hybridized carbons (Fsp3) is 0.160. The van der Waals surface area contributed by atoms with Crippen LogP contribution in [0.4, 0.5) is 15.8 Å². The molecule has 8 nitrogen and oxygen atoms in total. The second-order valence-corrected chi connectivity index (χ2v) is 9.42. The number of benzene rings is 3. The Morgan fingerprint density at radius 3 is 2.37 bits per heavy atom. The molecule has 0 bridgehead atoms. The highest BCUT2D eigenvalue weighted by Crippen LogP contribution is 2.23. The summed E-state index contributed by atoms with van der Waals surface area (Å²) >= 11 is 0. The van der Waals surface area contributed by atoms with Gasteiger partial charge in [0.05, 0.1) is 16.1 Å². The summed E-state index contributed by atoms with van der Waals surface area (Å²) in [5.74, 6) is -2.29. The molecule has 2 N–H and O–H groups in total. The number of anilines is 2. The average Bonchev–Trinajstić information content (AvgIpc) is 2.80. The molecule has 0 aromatic heterocycles. The largest absolute Gasteiger partial charge is 0.449 e. The number of carbonyl (C=O) groups excluding carboxylic acids is 3. The summed E-state index contributed by atoms with van der Waals surface area (Å²) in [4.78, 5) is 36.6. The molecule has 0 unspecified atom stereocenters. The number of aryl methyl sites for hydroxylation is 1. The minimum Gasteiger partial charge on any atom is -0.449 e. The molecule has 0 saturated heterocycles. The van der Waals surface area contributed by atoms with Gasteiger partial charge in [0.1, 0.15) is 5.82 Å². The zero-order valence-electron chi connectivity index (χ0n) is 19.2. The van der Waals surface area contributed by atoms with Crippen molar-refractivity contribution in [2.75, 3.05) is 10.0 Å². The first-order valence-electron chi connectivity index (χ1n) is 10.5. The molecule has 1 atom stereocenters. The van der Waals surface area contributed by atoms with Crippen LogP contribution < -0.4 is 10.0 Å². The molecule has 10 heteroatoms. The van der Waals surface area contributed by atoms with Gasteiger partial charge in [-0.05, 0) is 68.8 Å². The van der Waals surface area contributed by atoms with Crippen molar-refractivity contribution in [2.45, 2.75) is 31.8 Å². The highest BCUT2D eigenvalue weighted by atomic mass is 32.2. The lowest BCUT2D eigenvalue weighted by atomic mass is 10.1. The Bertz CT molecular complexity index is 1400. The minimum absolute atomic E-state index is 0.0683. The van der Waals surface area contributed by atoms with Crippen LogP contribution in [-0.4, -0.2) is 32.2 Å². The third kappa shape index (κ3) is 6.30. The lowest BCUT2D eigenvalue weighted by molar-refractivity contribution is -0.123. The summed E-state index contributed by atoms with van der Waals surface area (Å²) in [6, 6.07) is 15.3. The van der Waals surface area contributed by atoms with Crippen molar-refractivity contribution in [3.63, 3.8) is 0 Å². The third-order valence-electron chi connectivity index (χ3n) is 5.02. The van der Waals surface area contributed by atoms with Crippen molar-refractivity contribution >= 4 is 39.1 Å². The Morgan fingerprint density at radius 1 is 0.971 bits per heavy atom. The number of ether oxygens (including phenoxy) is 1. The van der Waals surface area contributed by atoms with Crippen molar-refractivity contribution in [3.05, 3.63) is 89.2 Å². The van der Waals surface area contributed by atoms with Gasteiger partial charge in [0, 0.05) is 11.3 Å². The summed E-state index contributed by atoms with van der Waals surface area (Å²) < 4.78 is 46.6. The fourth-order valence-electron chi connectivity index (χ4n) is 3.08. The number of para-hydroxylation sites is 1. The predicted octanol–water partition coefficient (Wildman–Crippen LogP) is 4.32. The number of rotatable bonds is 8. The van der Waals surface area contributed by atoms with E-state index >= 15 is 0 Å². The zero-order valence-corrected chi connectivity index (χ0v) is 20.0. The van der Waals surface area contributed by atoms with Crippen LogP contribution in [0.3, 0.4) is 0 Å². The van der Waals surface area contributed by atoms with Crippen molar-refractivity contribution in [3.8, 4) is 0 Å². The van der Waals surface area contributed by atoms with Crippen LogP contribution in [0, 0.1) is 12.7 Å². The number of hydrogen-bond acceptors (Lipinski definition) is 6. The number of carbonyl (C=O) groups is 3. The number of ketones is 1. The average molecular weight is 499 g/mol. The molecule has 0 aliphatic carbocycles. The highest BCUT2D eigenvalue weighted by molar-refractivity contribution is 7.92. The summed E-state index contributed by atoms with van der Waals surface area (Å²) in [6.45, 7) is 4.19. The van der Waals surface area contributed by atoms with E-state index in [0.717, 1.165) is 12.1 Å². The number of esters is 1. The second-order valence-electron chi connectivity index (χ2n) is 7.74. The molecule has 0 spiro atoms. The molecular formula is C25H23FN2O6S. The first kappa shape index (κ1) is 25.6. The van der Waals surface area contributed by atoms with E-state index < -0.39 is 33.8 Å². The van der Waals surface area contributed by atoms with Gasteiger partial charge in [-0.25, -0.2) is 17.6 Å². The Hall–Kier alpha value is -4.05. The predicted molar refractivity (Wildman–Crippen MR) is 128 cm³/mol. The van der Waals surface area contributed by atoms with Gasteiger partial charge >= 0.3 is 5.97 Å².